The van der Waals surface area contributed by atoms with E-state index in [1.807, 2.05) is 6.08 Å². The molecule has 394 valence electrons. The summed E-state index contributed by atoms with van der Waals surface area (Å²) in [6.07, 6.45) is 76.5. The first-order chi connectivity index (χ1) is 33.6. The average Bonchev–Trinajstić information content (AvgIpc) is 3.34. The van der Waals surface area contributed by atoms with Crippen LogP contribution >= 0.6 is 0 Å². The Bertz CT molecular complexity index is 1210. The van der Waals surface area contributed by atoms with E-state index in [1.54, 1.807) is 0 Å². The maximum absolute atomic E-state index is 12.9. The van der Waals surface area contributed by atoms with Gasteiger partial charge >= 0.3 is 11.9 Å². The van der Waals surface area contributed by atoms with Gasteiger partial charge in [-0.1, -0.05) is 267 Å². The molecule has 0 fully saturated rings. The number of hydrogen-bond donors (Lipinski definition) is 0. The molecular formula is C63H112O5. The molecule has 0 heterocycles. The molecule has 0 unspecified atom stereocenters. The number of allylic oxidation sites excluding steroid dienone is 12. The van der Waals surface area contributed by atoms with Crippen LogP contribution in [0, 0.1) is 0 Å². The van der Waals surface area contributed by atoms with Crippen molar-refractivity contribution in [3.8, 4) is 0 Å². The molecule has 0 amide bonds. The van der Waals surface area contributed by atoms with Crippen LogP contribution in [0.2, 0.25) is 0 Å². The van der Waals surface area contributed by atoms with Gasteiger partial charge in [0.05, 0.1) is 6.61 Å². The molecule has 68 heavy (non-hydrogen) atoms. The lowest BCUT2D eigenvalue weighted by molar-refractivity contribution is -0.162. The van der Waals surface area contributed by atoms with Crippen molar-refractivity contribution in [2.24, 2.45) is 0 Å². The van der Waals surface area contributed by atoms with Crippen molar-refractivity contribution in [2.75, 3.05) is 19.8 Å². The monoisotopic (exact) mass is 949 g/mol. The van der Waals surface area contributed by atoms with E-state index in [2.05, 4.69) is 87.6 Å². The van der Waals surface area contributed by atoms with Crippen LogP contribution in [0.3, 0.4) is 0 Å². The first-order valence-corrected chi connectivity index (χ1v) is 29.5. The van der Waals surface area contributed by atoms with Gasteiger partial charge in [-0.05, 0) is 83.5 Å². The molecule has 0 bridgehead atoms. The summed E-state index contributed by atoms with van der Waals surface area (Å²) in [5.74, 6) is -0.486. The highest BCUT2D eigenvalue weighted by Crippen LogP contribution is 2.15. The van der Waals surface area contributed by atoms with Crippen molar-refractivity contribution in [3.05, 3.63) is 72.9 Å². The summed E-state index contributed by atoms with van der Waals surface area (Å²) < 4.78 is 17.4. The molecule has 0 aliphatic heterocycles. The Kier molecular flexibility index (Phi) is 56.4. The number of hydrogen-bond acceptors (Lipinski definition) is 5. The topological polar surface area (TPSA) is 61.8 Å². The summed E-state index contributed by atoms with van der Waals surface area (Å²) in [6, 6.07) is 0. The van der Waals surface area contributed by atoms with E-state index in [-0.39, 0.29) is 25.2 Å². The second kappa shape index (κ2) is 58.7. The van der Waals surface area contributed by atoms with E-state index in [9.17, 15) is 9.59 Å². The van der Waals surface area contributed by atoms with Crippen molar-refractivity contribution < 1.29 is 23.8 Å². The summed E-state index contributed by atoms with van der Waals surface area (Å²) in [5.41, 5.74) is 0. The first kappa shape index (κ1) is 65.3. The first-order valence-electron chi connectivity index (χ1n) is 29.5. The predicted octanol–water partition coefficient (Wildman–Crippen LogP) is 20.2. The van der Waals surface area contributed by atoms with Crippen LogP contribution in [-0.4, -0.2) is 37.9 Å². The molecule has 0 aromatic rings. The van der Waals surface area contributed by atoms with E-state index in [4.69, 9.17) is 14.2 Å². The molecule has 0 N–H and O–H groups in total. The number of rotatable bonds is 54. The summed E-state index contributed by atoms with van der Waals surface area (Å²) in [4.78, 5) is 25.5. The number of carbonyl (C=O) groups is 2. The van der Waals surface area contributed by atoms with Crippen molar-refractivity contribution >= 4 is 11.9 Å². The van der Waals surface area contributed by atoms with E-state index in [1.165, 1.54) is 193 Å². The van der Waals surface area contributed by atoms with Crippen LogP contribution in [0.25, 0.3) is 0 Å². The minimum atomic E-state index is -0.569. The van der Waals surface area contributed by atoms with Crippen molar-refractivity contribution in [3.63, 3.8) is 0 Å². The van der Waals surface area contributed by atoms with Crippen molar-refractivity contribution in [1.29, 1.82) is 0 Å². The summed E-state index contributed by atoms with van der Waals surface area (Å²) >= 11 is 0. The fourth-order valence-electron chi connectivity index (χ4n) is 8.31. The Morgan fingerprint density at radius 2 is 0.647 bits per heavy atom. The van der Waals surface area contributed by atoms with Gasteiger partial charge in [0.25, 0.3) is 0 Å². The number of ether oxygens (including phenoxy) is 3. The van der Waals surface area contributed by atoms with Gasteiger partial charge in [0.2, 0.25) is 0 Å². The summed E-state index contributed by atoms with van der Waals surface area (Å²) in [5, 5.41) is 0. The van der Waals surface area contributed by atoms with Gasteiger partial charge in [-0.15, -0.1) is 0 Å². The molecule has 5 nitrogen and oxygen atoms in total. The van der Waals surface area contributed by atoms with Crippen LogP contribution in [0.5, 0.6) is 0 Å². The molecule has 0 aromatic carbocycles. The Labute approximate surface area is 423 Å². The number of unbranched alkanes of at least 4 members (excludes halogenated alkanes) is 31. The molecule has 0 saturated heterocycles. The number of esters is 2. The predicted molar refractivity (Wildman–Crippen MR) is 297 cm³/mol. The normalized spacial score (nSPS) is 12.7. The van der Waals surface area contributed by atoms with Crippen LogP contribution in [0.4, 0.5) is 0 Å². The van der Waals surface area contributed by atoms with Gasteiger partial charge in [-0.2, -0.15) is 0 Å². The molecule has 0 rings (SSSR count). The minimum Gasteiger partial charge on any atom is -0.462 e. The number of carbonyl (C=O) groups excluding carboxylic acids is 2. The van der Waals surface area contributed by atoms with Gasteiger partial charge in [-0.3, -0.25) is 9.59 Å². The molecule has 0 spiro atoms. The van der Waals surface area contributed by atoms with Gasteiger partial charge in [0.15, 0.2) is 6.10 Å². The largest absolute Gasteiger partial charge is 0.462 e. The molecule has 0 aromatic heterocycles. The second-order valence-electron chi connectivity index (χ2n) is 19.5. The van der Waals surface area contributed by atoms with Crippen LogP contribution < -0.4 is 0 Å². The molecule has 0 aliphatic rings. The zero-order chi connectivity index (χ0) is 49.2. The van der Waals surface area contributed by atoms with Gasteiger partial charge in [0, 0.05) is 19.4 Å². The maximum Gasteiger partial charge on any atom is 0.306 e. The van der Waals surface area contributed by atoms with Crippen LogP contribution in [0.15, 0.2) is 72.9 Å². The average molecular weight is 950 g/mol. The van der Waals surface area contributed by atoms with Crippen LogP contribution in [-0.2, 0) is 23.8 Å². The third-order valence-electron chi connectivity index (χ3n) is 12.7. The highest BCUT2D eigenvalue weighted by molar-refractivity contribution is 5.70. The Balaban J connectivity index is 4.37. The third-order valence-corrected chi connectivity index (χ3v) is 12.7. The molecule has 0 aliphatic carbocycles. The Morgan fingerprint density at radius 3 is 1.09 bits per heavy atom. The highest BCUT2D eigenvalue weighted by atomic mass is 16.6. The molecule has 0 radical (unpaired) electrons. The van der Waals surface area contributed by atoms with Gasteiger partial charge in [0.1, 0.15) is 6.61 Å². The van der Waals surface area contributed by atoms with Gasteiger partial charge in [-0.25, -0.2) is 0 Å². The van der Waals surface area contributed by atoms with Crippen LogP contribution in [0.1, 0.15) is 290 Å². The van der Waals surface area contributed by atoms with Crippen molar-refractivity contribution in [1.82, 2.24) is 0 Å². The smallest absolute Gasteiger partial charge is 0.306 e. The fourth-order valence-corrected chi connectivity index (χ4v) is 8.31. The van der Waals surface area contributed by atoms with Crippen molar-refractivity contribution in [2.45, 2.75) is 297 Å². The maximum atomic E-state index is 12.9. The Hall–Kier alpha value is -2.66. The second-order valence-corrected chi connectivity index (χ2v) is 19.5. The lowest BCUT2D eigenvalue weighted by atomic mass is 10.0. The van der Waals surface area contributed by atoms with E-state index >= 15 is 0 Å². The van der Waals surface area contributed by atoms with E-state index < -0.39 is 6.10 Å². The molecular weight excluding hydrogens is 837 g/mol. The zero-order valence-corrected chi connectivity index (χ0v) is 45.4. The quantitative estimate of drug-likeness (QED) is 0.0345. The molecule has 1 atom stereocenters. The lowest BCUT2D eigenvalue weighted by Crippen LogP contribution is -2.30. The third kappa shape index (κ3) is 55.9. The molecule has 0 saturated carbocycles. The fraction of sp³-hybridized carbons (Fsp3) is 0.778. The van der Waals surface area contributed by atoms with E-state index in [0.717, 1.165) is 57.8 Å². The lowest BCUT2D eigenvalue weighted by Gasteiger charge is -2.18. The Morgan fingerprint density at radius 1 is 0.324 bits per heavy atom. The molecule has 5 heteroatoms. The highest BCUT2D eigenvalue weighted by Gasteiger charge is 2.17. The van der Waals surface area contributed by atoms with Gasteiger partial charge < -0.3 is 14.2 Å². The zero-order valence-electron chi connectivity index (χ0n) is 45.4. The minimum absolute atomic E-state index is 0.0453. The van der Waals surface area contributed by atoms with E-state index in [0.29, 0.717) is 25.9 Å². The standard InChI is InChI=1S/C63H112O5/c1-4-7-10-13-16-19-22-25-28-31-32-34-35-38-41-44-47-50-53-56-62(64)67-60-61(59-66-58-55-52-49-46-43-40-37-30-27-24-21-18-15-12-9-6-3)68-63(65)57-54-51-48-45-42-39-36-33-29-26-23-20-17-14-11-8-5-2/h16,19,25-26,28-29,32,34,38,41,47,50,61H,4-15,17-18,20-24,27,30-31,33,35-37,39-40,42-46,48-49,51-60H2,1-3H3/b19-16-,28-25-,29-26-,34-32-,41-38-,50-47-/t61-/m1/s1. The summed E-state index contributed by atoms with van der Waals surface area (Å²) in [6.45, 7) is 7.76. The summed E-state index contributed by atoms with van der Waals surface area (Å²) in [7, 11) is 0. The SMILES string of the molecule is CCCCC/C=C\C/C=C\C/C=C\C/C=C\C/C=C\CCC(=O)OC[C@@H](COCCCCCCCCCCCCCCCCCC)OC(=O)CCCCCCCCC/C=C\CCCCCCCC.